The molecule has 0 saturated carbocycles. The zero-order valence-electron chi connectivity index (χ0n) is 10.6. The molecule has 0 fully saturated rings. The molecule has 0 unspecified atom stereocenters. The number of ether oxygens (including phenoxy) is 1. The number of imidazole rings is 1. The molecule has 4 nitrogen and oxygen atoms in total. The van der Waals surface area contributed by atoms with Gasteiger partial charge in [-0.1, -0.05) is 0 Å². The van der Waals surface area contributed by atoms with Crippen LogP contribution in [-0.2, 0) is 11.2 Å². The number of rotatable bonds is 1. The minimum absolute atomic E-state index is 0.309. The third-order valence-electron chi connectivity index (χ3n) is 3.65. The molecule has 2 aromatic rings. The highest BCUT2D eigenvalue weighted by Gasteiger charge is 2.20. The molecule has 1 atom stereocenters. The highest BCUT2D eigenvalue weighted by atomic mass is 16.5. The highest BCUT2D eigenvalue weighted by Crippen LogP contribution is 2.29. The Hall–Kier alpha value is -1.84. The summed E-state index contributed by atoms with van der Waals surface area (Å²) in [6.45, 7) is 2.22. The summed E-state index contributed by atoms with van der Waals surface area (Å²) in [6, 6.07) is 6.09. The van der Waals surface area contributed by atoms with Crippen LogP contribution in [0.5, 0.6) is 0 Å². The van der Waals surface area contributed by atoms with E-state index in [1.165, 1.54) is 20.0 Å². The van der Waals surface area contributed by atoms with E-state index < -0.39 is 0 Å². The lowest BCUT2D eigenvalue weighted by Crippen LogP contribution is -2.14. The molecular formula is C14H16N2O2. The van der Waals surface area contributed by atoms with Gasteiger partial charge in [0.15, 0.2) is 0 Å². The lowest BCUT2D eigenvalue weighted by Gasteiger charge is -2.22. The molecule has 1 aliphatic heterocycles. The molecule has 0 aliphatic carbocycles. The van der Waals surface area contributed by atoms with Crippen LogP contribution in [0.15, 0.2) is 18.2 Å². The molecule has 1 aromatic heterocycles. The van der Waals surface area contributed by atoms with Crippen molar-refractivity contribution in [2.24, 2.45) is 0 Å². The number of esters is 1. The minimum atomic E-state index is -0.309. The van der Waals surface area contributed by atoms with Crippen LogP contribution in [0.25, 0.3) is 11.0 Å². The van der Waals surface area contributed by atoms with Crippen molar-refractivity contribution >= 4 is 17.0 Å². The van der Waals surface area contributed by atoms with Gasteiger partial charge in [-0.2, -0.15) is 0 Å². The summed E-state index contributed by atoms with van der Waals surface area (Å²) in [7, 11) is 1.40. The van der Waals surface area contributed by atoms with E-state index in [1.807, 2.05) is 18.2 Å². The average Bonchev–Trinajstić information content (AvgIpc) is 2.76. The third kappa shape index (κ3) is 1.60. The van der Waals surface area contributed by atoms with E-state index in [9.17, 15) is 4.79 Å². The van der Waals surface area contributed by atoms with Crippen molar-refractivity contribution in [1.29, 1.82) is 0 Å². The van der Waals surface area contributed by atoms with Crippen molar-refractivity contribution in [3.05, 3.63) is 29.6 Å². The maximum Gasteiger partial charge on any atom is 0.337 e. The Kier molecular flexibility index (Phi) is 2.58. The number of nitrogens with zero attached hydrogens (tertiary/aromatic N) is 2. The van der Waals surface area contributed by atoms with Crippen LogP contribution in [0, 0.1) is 0 Å². The molecule has 94 valence electrons. The van der Waals surface area contributed by atoms with Gasteiger partial charge in [0.2, 0.25) is 0 Å². The number of fused-ring (bicyclic) bond motifs is 3. The first-order chi connectivity index (χ1) is 8.70. The summed E-state index contributed by atoms with van der Waals surface area (Å²) < 4.78 is 7.03. The first-order valence-electron chi connectivity index (χ1n) is 6.30. The van der Waals surface area contributed by atoms with Gasteiger partial charge in [-0.25, -0.2) is 9.78 Å². The molecule has 3 rings (SSSR count). The van der Waals surface area contributed by atoms with Gasteiger partial charge in [-0.3, -0.25) is 0 Å². The summed E-state index contributed by atoms with van der Waals surface area (Å²) in [5.74, 6) is 0.821. The van der Waals surface area contributed by atoms with Crippen molar-refractivity contribution in [3.8, 4) is 0 Å². The molecule has 18 heavy (non-hydrogen) atoms. The number of hydrogen-bond donors (Lipinski definition) is 0. The molecule has 1 aliphatic rings. The van der Waals surface area contributed by atoms with Gasteiger partial charge >= 0.3 is 5.97 Å². The van der Waals surface area contributed by atoms with Crippen LogP contribution in [0.1, 0.15) is 42.0 Å². The predicted octanol–water partition coefficient (Wildman–Crippen LogP) is 2.72. The first-order valence-corrected chi connectivity index (χ1v) is 6.30. The number of aryl methyl sites for hydroxylation is 1. The van der Waals surface area contributed by atoms with Gasteiger partial charge in [0, 0.05) is 12.5 Å². The van der Waals surface area contributed by atoms with Crippen LogP contribution in [0.2, 0.25) is 0 Å². The molecular weight excluding hydrogens is 228 g/mol. The van der Waals surface area contributed by atoms with Crippen molar-refractivity contribution < 1.29 is 9.53 Å². The second-order valence-electron chi connectivity index (χ2n) is 4.83. The van der Waals surface area contributed by atoms with Gasteiger partial charge in [-0.15, -0.1) is 0 Å². The molecule has 0 radical (unpaired) electrons. The third-order valence-corrected chi connectivity index (χ3v) is 3.65. The van der Waals surface area contributed by atoms with E-state index in [0.717, 1.165) is 23.3 Å². The van der Waals surface area contributed by atoms with Gasteiger partial charge in [-0.05, 0) is 38.0 Å². The first kappa shape index (κ1) is 11.3. The SMILES string of the molecule is COC(=O)c1ccc2c(c1)nc1n2[C@@H](C)CCC1. The Morgan fingerprint density at radius 3 is 3.11 bits per heavy atom. The lowest BCUT2D eigenvalue weighted by atomic mass is 10.1. The van der Waals surface area contributed by atoms with Crippen LogP contribution < -0.4 is 0 Å². The summed E-state index contributed by atoms with van der Waals surface area (Å²) >= 11 is 0. The maximum absolute atomic E-state index is 11.5. The quantitative estimate of drug-likeness (QED) is 0.724. The maximum atomic E-state index is 11.5. The molecule has 0 bridgehead atoms. The number of carbonyl (C=O) groups excluding carboxylic acids is 1. The fourth-order valence-corrected chi connectivity index (χ4v) is 2.75. The Balaban J connectivity index is 2.17. The van der Waals surface area contributed by atoms with Crippen LogP contribution >= 0.6 is 0 Å². The summed E-state index contributed by atoms with van der Waals surface area (Å²) in [4.78, 5) is 16.1. The number of benzene rings is 1. The second-order valence-corrected chi connectivity index (χ2v) is 4.83. The average molecular weight is 244 g/mol. The number of carbonyl (C=O) groups is 1. The molecule has 2 heterocycles. The number of hydrogen-bond acceptors (Lipinski definition) is 3. The highest BCUT2D eigenvalue weighted by molar-refractivity contribution is 5.93. The lowest BCUT2D eigenvalue weighted by molar-refractivity contribution is 0.0601. The Bertz CT molecular complexity index is 616. The molecule has 0 spiro atoms. The van der Waals surface area contributed by atoms with Crippen LogP contribution in [0.4, 0.5) is 0 Å². The number of aromatic nitrogens is 2. The van der Waals surface area contributed by atoms with Crippen molar-refractivity contribution in [2.45, 2.75) is 32.2 Å². The van der Waals surface area contributed by atoms with Gasteiger partial charge < -0.3 is 9.30 Å². The van der Waals surface area contributed by atoms with E-state index in [0.29, 0.717) is 11.6 Å². The monoisotopic (exact) mass is 244 g/mol. The standard InChI is InChI=1S/C14H16N2O2/c1-9-4-3-5-13-15-11-8-10(14(17)18-2)6-7-12(11)16(9)13/h6-9H,3-5H2,1-2H3/t9-/m0/s1. The molecule has 0 saturated heterocycles. The molecule has 1 aromatic carbocycles. The zero-order valence-corrected chi connectivity index (χ0v) is 10.6. The minimum Gasteiger partial charge on any atom is -0.465 e. The fourth-order valence-electron chi connectivity index (χ4n) is 2.75. The van der Waals surface area contributed by atoms with Crippen molar-refractivity contribution in [1.82, 2.24) is 9.55 Å². The summed E-state index contributed by atoms with van der Waals surface area (Å²) in [6.07, 6.45) is 3.40. The van der Waals surface area contributed by atoms with Gasteiger partial charge in [0.1, 0.15) is 5.82 Å². The normalized spacial score (nSPS) is 18.7. The van der Waals surface area contributed by atoms with E-state index in [1.54, 1.807) is 0 Å². The predicted molar refractivity (Wildman–Crippen MR) is 68.7 cm³/mol. The molecule has 4 heteroatoms. The molecule has 0 amide bonds. The largest absolute Gasteiger partial charge is 0.465 e. The summed E-state index contributed by atoms with van der Waals surface area (Å²) in [5.41, 5.74) is 2.57. The number of methoxy groups -OCH3 is 1. The van der Waals surface area contributed by atoms with Crippen molar-refractivity contribution in [3.63, 3.8) is 0 Å². The Morgan fingerprint density at radius 1 is 1.50 bits per heavy atom. The van der Waals surface area contributed by atoms with Gasteiger partial charge in [0.05, 0.1) is 23.7 Å². The van der Waals surface area contributed by atoms with E-state index in [-0.39, 0.29) is 5.97 Å². The fraction of sp³-hybridized carbons (Fsp3) is 0.429. The van der Waals surface area contributed by atoms with E-state index in [2.05, 4.69) is 16.5 Å². The summed E-state index contributed by atoms with van der Waals surface area (Å²) in [5, 5.41) is 0. The Morgan fingerprint density at radius 2 is 2.33 bits per heavy atom. The van der Waals surface area contributed by atoms with E-state index >= 15 is 0 Å². The van der Waals surface area contributed by atoms with Crippen LogP contribution in [0.3, 0.4) is 0 Å². The van der Waals surface area contributed by atoms with Crippen LogP contribution in [-0.4, -0.2) is 22.6 Å². The zero-order chi connectivity index (χ0) is 12.7. The molecule has 0 N–H and O–H groups in total. The van der Waals surface area contributed by atoms with Crippen molar-refractivity contribution in [2.75, 3.05) is 7.11 Å². The topological polar surface area (TPSA) is 44.1 Å². The second kappa shape index (κ2) is 4.12. The Labute approximate surface area is 106 Å². The smallest absolute Gasteiger partial charge is 0.337 e. The van der Waals surface area contributed by atoms with E-state index in [4.69, 9.17) is 4.74 Å². The van der Waals surface area contributed by atoms with Gasteiger partial charge in [0.25, 0.3) is 0 Å².